The zero-order valence-corrected chi connectivity index (χ0v) is 12.3. The van der Waals surface area contributed by atoms with Crippen LogP contribution in [0.1, 0.15) is 26.3 Å². The number of benzene rings is 1. The van der Waals surface area contributed by atoms with E-state index in [1.165, 1.54) is 0 Å². The maximum absolute atomic E-state index is 11.8. The number of rotatable bonds is 3. The summed E-state index contributed by atoms with van der Waals surface area (Å²) in [5.74, 6) is 0.494. The zero-order valence-electron chi connectivity index (χ0n) is 11.6. The molecule has 0 radical (unpaired) electrons. The van der Waals surface area contributed by atoms with E-state index in [-0.39, 0.29) is 17.2 Å². The van der Waals surface area contributed by atoms with Crippen LogP contribution in [-0.2, 0) is 10.2 Å². The average Bonchev–Trinajstić information content (AvgIpc) is 2.34. The maximum Gasteiger partial charge on any atom is 0.241 e. The van der Waals surface area contributed by atoms with Crippen molar-refractivity contribution >= 4 is 23.2 Å². The third kappa shape index (κ3) is 2.96. The van der Waals surface area contributed by atoms with Crippen LogP contribution in [0.2, 0.25) is 0 Å². The number of nitrogens with zero attached hydrogens (tertiary/aromatic N) is 1. The first-order chi connectivity index (χ1) is 8.32. The van der Waals surface area contributed by atoms with Crippen molar-refractivity contribution in [3.8, 4) is 5.75 Å². The van der Waals surface area contributed by atoms with Gasteiger partial charge in [0.1, 0.15) is 11.6 Å². The predicted octanol–water partition coefficient (Wildman–Crippen LogP) is 3.19. The molecule has 0 aliphatic rings. The monoisotopic (exact) mass is 269 g/mol. The highest BCUT2D eigenvalue weighted by atomic mass is 35.5. The summed E-state index contributed by atoms with van der Waals surface area (Å²) >= 11 is 5.63. The molecule has 0 unspecified atom stereocenters. The number of carbonyl (C=O) groups excluding carboxylic acids is 1. The Morgan fingerprint density at radius 2 is 2.00 bits per heavy atom. The lowest BCUT2D eigenvalue weighted by Crippen LogP contribution is -2.30. The van der Waals surface area contributed by atoms with Gasteiger partial charge in [0.2, 0.25) is 5.91 Å². The lowest BCUT2D eigenvalue weighted by Gasteiger charge is -2.29. The molecule has 0 saturated carbocycles. The van der Waals surface area contributed by atoms with Crippen molar-refractivity contribution in [2.24, 2.45) is 0 Å². The second kappa shape index (κ2) is 5.61. The first-order valence-electron chi connectivity index (χ1n) is 5.83. The fourth-order valence-corrected chi connectivity index (χ4v) is 2.03. The summed E-state index contributed by atoms with van der Waals surface area (Å²) in [5.41, 5.74) is 1.77. The van der Waals surface area contributed by atoms with Gasteiger partial charge in [-0.05, 0) is 17.0 Å². The molecule has 4 heteroatoms. The van der Waals surface area contributed by atoms with Gasteiger partial charge in [-0.15, -0.1) is 11.6 Å². The van der Waals surface area contributed by atoms with Gasteiger partial charge in [0.05, 0.1) is 12.8 Å². The van der Waals surface area contributed by atoms with Gasteiger partial charge in [0, 0.05) is 7.05 Å². The van der Waals surface area contributed by atoms with Gasteiger partial charge >= 0.3 is 0 Å². The summed E-state index contributed by atoms with van der Waals surface area (Å²) in [5, 5.41) is 0. The number of ether oxygens (including phenoxy) is 1. The normalized spacial score (nSPS) is 11.2. The molecule has 1 rings (SSSR count). The molecule has 0 fully saturated rings. The van der Waals surface area contributed by atoms with Crippen molar-refractivity contribution in [2.45, 2.75) is 26.2 Å². The lowest BCUT2D eigenvalue weighted by molar-refractivity contribution is -0.116. The van der Waals surface area contributed by atoms with Gasteiger partial charge in [-0.2, -0.15) is 0 Å². The number of alkyl halides is 1. The van der Waals surface area contributed by atoms with E-state index in [0.717, 1.165) is 11.3 Å². The van der Waals surface area contributed by atoms with E-state index in [1.807, 2.05) is 18.2 Å². The summed E-state index contributed by atoms with van der Waals surface area (Å²) in [7, 11) is 3.32. The molecule has 0 N–H and O–H groups in total. The number of hydrogen-bond acceptors (Lipinski definition) is 2. The Bertz CT molecular complexity index is 438. The summed E-state index contributed by atoms with van der Waals surface area (Å²) in [6.07, 6.45) is 0. The summed E-state index contributed by atoms with van der Waals surface area (Å²) < 4.78 is 5.36. The van der Waals surface area contributed by atoms with Crippen LogP contribution in [-0.4, -0.2) is 25.9 Å². The Morgan fingerprint density at radius 1 is 1.39 bits per heavy atom. The Labute approximate surface area is 114 Å². The quantitative estimate of drug-likeness (QED) is 0.789. The van der Waals surface area contributed by atoms with E-state index in [9.17, 15) is 4.79 Å². The van der Waals surface area contributed by atoms with E-state index in [2.05, 4.69) is 20.8 Å². The van der Waals surface area contributed by atoms with E-state index in [1.54, 1.807) is 19.1 Å². The Morgan fingerprint density at radius 3 is 2.44 bits per heavy atom. The van der Waals surface area contributed by atoms with Crippen molar-refractivity contribution in [1.29, 1.82) is 0 Å². The highest BCUT2D eigenvalue weighted by Crippen LogP contribution is 2.38. The molecule has 1 amide bonds. The smallest absolute Gasteiger partial charge is 0.241 e. The third-order valence-electron chi connectivity index (χ3n) is 2.85. The van der Waals surface area contributed by atoms with Gasteiger partial charge < -0.3 is 9.64 Å². The van der Waals surface area contributed by atoms with Crippen LogP contribution in [0, 0.1) is 0 Å². The first-order valence-corrected chi connectivity index (χ1v) is 6.36. The van der Waals surface area contributed by atoms with Crippen LogP contribution in [0.15, 0.2) is 18.2 Å². The predicted molar refractivity (Wildman–Crippen MR) is 75.8 cm³/mol. The molecule has 0 saturated heterocycles. The molecule has 0 spiro atoms. The Kier molecular flexibility index (Phi) is 4.63. The van der Waals surface area contributed by atoms with E-state index < -0.39 is 0 Å². The number of amides is 1. The Balaban J connectivity index is 3.42. The maximum atomic E-state index is 11.8. The molecule has 0 aliphatic carbocycles. The molecule has 0 heterocycles. The second-order valence-corrected chi connectivity index (χ2v) is 5.46. The van der Waals surface area contributed by atoms with Crippen molar-refractivity contribution in [3.05, 3.63) is 23.8 Å². The van der Waals surface area contributed by atoms with E-state index in [0.29, 0.717) is 5.75 Å². The van der Waals surface area contributed by atoms with Gasteiger partial charge in [-0.25, -0.2) is 0 Å². The van der Waals surface area contributed by atoms with E-state index >= 15 is 0 Å². The number of halogens is 1. The van der Waals surface area contributed by atoms with Gasteiger partial charge in [0.25, 0.3) is 0 Å². The fraction of sp³-hybridized carbons (Fsp3) is 0.500. The van der Waals surface area contributed by atoms with Crippen molar-refractivity contribution in [1.82, 2.24) is 0 Å². The molecule has 1 aromatic carbocycles. The lowest BCUT2D eigenvalue weighted by atomic mass is 9.85. The summed E-state index contributed by atoms with van der Waals surface area (Å²) in [6, 6.07) is 5.79. The number of methoxy groups -OCH3 is 1. The molecule has 0 aliphatic heterocycles. The number of para-hydroxylation sites is 1. The summed E-state index contributed by atoms with van der Waals surface area (Å²) in [6.45, 7) is 6.30. The standard InChI is InChI=1S/C14H20ClNO2/c1-14(2,3)10-7-6-8-11(18-5)13(10)16(4)12(17)9-15/h6-8H,9H2,1-5H3. The molecule has 0 bridgehead atoms. The highest BCUT2D eigenvalue weighted by Gasteiger charge is 2.25. The van der Waals surface area contributed by atoms with Crippen LogP contribution in [0.25, 0.3) is 0 Å². The molecule has 3 nitrogen and oxygen atoms in total. The highest BCUT2D eigenvalue weighted by molar-refractivity contribution is 6.29. The number of carbonyl (C=O) groups is 1. The zero-order chi connectivity index (χ0) is 13.9. The second-order valence-electron chi connectivity index (χ2n) is 5.19. The van der Waals surface area contributed by atoms with E-state index in [4.69, 9.17) is 16.3 Å². The van der Waals surface area contributed by atoms with Crippen LogP contribution in [0.4, 0.5) is 5.69 Å². The number of hydrogen-bond donors (Lipinski definition) is 0. The summed E-state index contributed by atoms with van der Waals surface area (Å²) in [4.78, 5) is 13.4. The molecule has 100 valence electrons. The molecule has 0 aromatic heterocycles. The van der Waals surface area contributed by atoms with Crippen molar-refractivity contribution in [3.63, 3.8) is 0 Å². The SMILES string of the molecule is COc1cccc(C(C)(C)C)c1N(C)C(=O)CCl. The third-order valence-corrected chi connectivity index (χ3v) is 3.08. The number of anilines is 1. The van der Waals surface area contributed by atoms with Crippen LogP contribution in [0.5, 0.6) is 5.75 Å². The minimum atomic E-state index is -0.147. The molecule has 0 atom stereocenters. The molecule has 1 aromatic rings. The van der Waals surface area contributed by atoms with Gasteiger partial charge in [0.15, 0.2) is 0 Å². The van der Waals surface area contributed by atoms with Crippen LogP contribution < -0.4 is 9.64 Å². The van der Waals surface area contributed by atoms with Gasteiger partial charge in [-0.1, -0.05) is 32.9 Å². The largest absolute Gasteiger partial charge is 0.495 e. The Hall–Kier alpha value is -1.22. The van der Waals surface area contributed by atoms with Crippen molar-refractivity contribution in [2.75, 3.05) is 24.9 Å². The fourth-order valence-electron chi connectivity index (χ4n) is 1.85. The first kappa shape index (κ1) is 14.8. The van der Waals surface area contributed by atoms with Gasteiger partial charge in [-0.3, -0.25) is 4.79 Å². The van der Waals surface area contributed by atoms with Crippen LogP contribution >= 0.6 is 11.6 Å². The van der Waals surface area contributed by atoms with Crippen LogP contribution in [0.3, 0.4) is 0 Å². The topological polar surface area (TPSA) is 29.5 Å². The van der Waals surface area contributed by atoms with Crippen molar-refractivity contribution < 1.29 is 9.53 Å². The molecule has 18 heavy (non-hydrogen) atoms. The minimum absolute atomic E-state index is 0.0435. The average molecular weight is 270 g/mol. The molecular weight excluding hydrogens is 250 g/mol. The minimum Gasteiger partial charge on any atom is -0.495 e. The molecular formula is C14H20ClNO2.